The molecule has 0 atom stereocenters. The first-order chi connectivity index (χ1) is 8.24. The molecule has 1 aromatic heterocycles. The minimum atomic E-state index is 0.353. The highest BCUT2D eigenvalue weighted by atomic mass is 16.5. The van der Waals surface area contributed by atoms with E-state index in [1.165, 1.54) is 0 Å². The van der Waals surface area contributed by atoms with E-state index in [0.717, 1.165) is 16.9 Å². The van der Waals surface area contributed by atoms with Crippen LogP contribution < -0.4 is 10.5 Å². The van der Waals surface area contributed by atoms with Crippen molar-refractivity contribution in [3.63, 3.8) is 0 Å². The van der Waals surface area contributed by atoms with Crippen molar-refractivity contribution in [2.45, 2.75) is 6.61 Å². The first-order valence-corrected chi connectivity index (χ1v) is 5.13. The summed E-state index contributed by atoms with van der Waals surface area (Å²) in [6.07, 6.45) is 0. The van der Waals surface area contributed by atoms with E-state index in [4.69, 9.17) is 19.7 Å². The molecule has 0 bridgehead atoms. The van der Waals surface area contributed by atoms with Gasteiger partial charge in [0.05, 0.1) is 13.7 Å². The number of nitrogens with zero attached hydrogens (tertiary/aromatic N) is 1. The molecule has 2 N–H and O–H groups in total. The summed E-state index contributed by atoms with van der Waals surface area (Å²) in [5, 5.41) is 3.67. The minimum absolute atomic E-state index is 0.353. The topological polar surface area (TPSA) is 70.5 Å². The lowest BCUT2D eigenvalue weighted by atomic mass is 10.1. The maximum absolute atomic E-state index is 5.54. The summed E-state index contributed by atoms with van der Waals surface area (Å²) in [6.45, 7) is 0.486. The van der Waals surface area contributed by atoms with Crippen LogP contribution in [0.3, 0.4) is 0 Å². The molecule has 0 amide bonds. The van der Waals surface area contributed by atoms with Gasteiger partial charge in [0, 0.05) is 18.7 Å². The van der Waals surface area contributed by atoms with Crippen LogP contribution in [0.25, 0.3) is 11.3 Å². The fourth-order valence-corrected chi connectivity index (χ4v) is 1.61. The van der Waals surface area contributed by atoms with E-state index < -0.39 is 0 Å². The van der Waals surface area contributed by atoms with Gasteiger partial charge in [-0.15, -0.1) is 0 Å². The largest absolute Gasteiger partial charge is 0.497 e. The van der Waals surface area contributed by atoms with Crippen molar-refractivity contribution in [2.75, 3.05) is 20.0 Å². The Bertz CT molecular complexity index is 508. The van der Waals surface area contributed by atoms with Gasteiger partial charge in [-0.3, -0.25) is 0 Å². The predicted molar refractivity (Wildman–Crippen MR) is 63.6 cm³/mol. The third-order valence-electron chi connectivity index (χ3n) is 2.41. The van der Waals surface area contributed by atoms with Gasteiger partial charge in [-0.25, -0.2) is 0 Å². The summed E-state index contributed by atoms with van der Waals surface area (Å²) in [4.78, 5) is 0. The smallest absolute Gasteiger partial charge is 0.169 e. The number of hydrogen-bond donors (Lipinski definition) is 1. The van der Waals surface area contributed by atoms with E-state index >= 15 is 0 Å². The van der Waals surface area contributed by atoms with Crippen LogP contribution in [0.1, 0.15) is 5.56 Å². The zero-order chi connectivity index (χ0) is 12.3. The van der Waals surface area contributed by atoms with E-state index in [-0.39, 0.29) is 0 Å². The highest BCUT2D eigenvalue weighted by molar-refractivity contribution is 5.66. The third kappa shape index (κ3) is 2.39. The highest BCUT2D eigenvalue weighted by Gasteiger charge is 2.11. The second-order valence-electron chi connectivity index (χ2n) is 3.57. The molecule has 0 aliphatic carbocycles. The molecule has 1 heterocycles. The van der Waals surface area contributed by atoms with Crippen molar-refractivity contribution in [1.82, 2.24) is 5.16 Å². The van der Waals surface area contributed by atoms with Gasteiger partial charge in [-0.1, -0.05) is 11.2 Å². The Hall–Kier alpha value is -2.01. The van der Waals surface area contributed by atoms with Crippen molar-refractivity contribution < 1.29 is 14.0 Å². The average Bonchev–Trinajstić information content (AvgIpc) is 2.77. The molecule has 5 nitrogen and oxygen atoms in total. The van der Waals surface area contributed by atoms with Gasteiger partial charge in [0.1, 0.15) is 5.75 Å². The molecule has 0 saturated carbocycles. The van der Waals surface area contributed by atoms with Crippen LogP contribution in [-0.4, -0.2) is 19.4 Å². The Morgan fingerprint density at radius 1 is 1.29 bits per heavy atom. The average molecular weight is 234 g/mol. The van der Waals surface area contributed by atoms with Gasteiger partial charge < -0.3 is 19.7 Å². The van der Waals surface area contributed by atoms with E-state index in [1.54, 1.807) is 20.3 Å². The zero-order valence-electron chi connectivity index (χ0n) is 9.77. The number of nitrogen functional groups attached to an aromatic ring is 1. The first-order valence-electron chi connectivity index (χ1n) is 5.13. The summed E-state index contributed by atoms with van der Waals surface area (Å²) in [6, 6.07) is 7.34. The Balaban J connectivity index is 2.48. The van der Waals surface area contributed by atoms with Crippen LogP contribution in [0.4, 0.5) is 5.82 Å². The lowest BCUT2D eigenvalue weighted by Gasteiger charge is -2.08. The van der Waals surface area contributed by atoms with Crippen LogP contribution in [-0.2, 0) is 11.3 Å². The van der Waals surface area contributed by atoms with Crippen LogP contribution in [0, 0.1) is 0 Å². The normalized spacial score (nSPS) is 10.5. The van der Waals surface area contributed by atoms with Crippen molar-refractivity contribution >= 4 is 5.82 Å². The molecule has 0 aliphatic rings. The molecular weight excluding hydrogens is 220 g/mol. The maximum atomic E-state index is 5.54. The lowest BCUT2D eigenvalue weighted by molar-refractivity contribution is 0.185. The maximum Gasteiger partial charge on any atom is 0.169 e. The Morgan fingerprint density at radius 2 is 2.12 bits per heavy atom. The number of aromatic nitrogens is 1. The number of rotatable bonds is 4. The number of ether oxygens (including phenoxy) is 2. The molecule has 1 aromatic carbocycles. The summed E-state index contributed by atoms with van der Waals surface area (Å²) in [5.74, 6) is 1.70. The molecule has 0 radical (unpaired) electrons. The zero-order valence-corrected chi connectivity index (χ0v) is 9.77. The molecule has 0 saturated heterocycles. The predicted octanol–water partition coefficient (Wildman–Crippen LogP) is 2.08. The Kier molecular flexibility index (Phi) is 3.30. The Labute approximate surface area is 99.1 Å². The molecule has 17 heavy (non-hydrogen) atoms. The monoisotopic (exact) mass is 234 g/mol. The minimum Gasteiger partial charge on any atom is -0.497 e. The fraction of sp³-hybridized carbons (Fsp3) is 0.250. The first kappa shape index (κ1) is 11.5. The van der Waals surface area contributed by atoms with Gasteiger partial charge in [0.15, 0.2) is 11.6 Å². The number of anilines is 1. The lowest BCUT2D eigenvalue weighted by Crippen LogP contribution is -1.93. The SMILES string of the molecule is COCc1ccc(OC)cc1-c1cc(N)no1. The number of nitrogens with two attached hydrogens (primary N) is 1. The van der Waals surface area contributed by atoms with Gasteiger partial charge in [0.25, 0.3) is 0 Å². The van der Waals surface area contributed by atoms with E-state index in [2.05, 4.69) is 5.16 Å². The molecule has 2 aromatic rings. The number of methoxy groups -OCH3 is 2. The van der Waals surface area contributed by atoms with Crippen LogP contribution in [0.5, 0.6) is 5.75 Å². The van der Waals surface area contributed by atoms with Gasteiger partial charge in [-0.2, -0.15) is 0 Å². The van der Waals surface area contributed by atoms with E-state index in [0.29, 0.717) is 18.2 Å². The van der Waals surface area contributed by atoms with Crippen molar-refractivity contribution in [1.29, 1.82) is 0 Å². The van der Waals surface area contributed by atoms with Gasteiger partial charge in [-0.05, 0) is 17.7 Å². The third-order valence-corrected chi connectivity index (χ3v) is 2.41. The van der Waals surface area contributed by atoms with E-state index in [9.17, 15) is 0 Å². The van der Waals surface area contributed by atoms with Gasteiger partial charge in [0.2, 0.25) is 0 Å². The van der Waals surface area contributed by atoms with Crippen LogP contribution in [0.2, 0.25) is 0 Å². The van der Waals surface area contributed by atoms with E-state index in [1.807, 2.05) is 18.2 Å². The number of benzene rings is 1. The molecule has 0 spiro atoms. The second kappa shape index (κ2) is 4.88. The molecule has 0 fully saturated rings. The number of hydrogen-bond acceptors (Lipinski definition) is 5. The molecular formula is C12H14N2O3. The van der Waals surface area contributed by atoms with Crippen molar-refractivity contribution in [3.8, 4) is 17.1 Å². The van der Waals surface area contributed by atoms with Gasteiger partial charge >= 0.3 is 0 Å². The quantitative estimate of drug-likeness (QED) is 0.876. The summed E-state index contributed by atoms with van der Waals surface area (Å²) in [7, 11) is 3.26. The summed E-state index contributed by atoms with van der Waals surface area (Å²) >= 11 is 0. The summed E-state index contributed by atoms with van der Waals surface area (Å²) in [5.41, 5.74) is 7.40. The highest BCUT2D eigenvalue weighted by Crippen LogP contribution is 2.29. The Morgan fingerprint density at radius 3 is 2.71 bits per heavy atom. The standard InChI is InChI=1S/C12H14N2O3/c1-15-7-8-3-4-9(16-2)5-10(8)11-6-12(13)14-17-11/h3-6H,7H2,1-2H3,(H2,13,14). The van der Waals surface area contributed by atoms with Crippen molar-refractivity contribution in [3.05, 3.63) is 29.8 Å². The summed E-state index contributed by atoms with van der Waals surface area (Å²) < 4.78 is 15.5. The molecule has 5 heteroatoms. The molecule has 0 unspecified atom stereocenters. The second-order valence-corrected chi connectivity index (χ2v) is 3.57. The van der Waals surface area contributed by atoms with Crippen LogP contribution >= 0.6 is 0 Å². The molecule has 2 rings (SSSR count). The molecule has 0 aliphatic heterocycles. The molecule has 90 valence electrons. The van der Waals surface area contributed by atoms with Crippen LogP contribution in [0.15, 0.2) is 28.8 Å². The fourth-order valence-electron chi connectivity index (χ4n) is 1.61. The van der Waals surface area contributed by atoms with Crippen molar-refractivity contribution in [2.24, 2.45) is 0 Å².